The third-order valence-electron chi connectivity index (χ3n) is 5.25. The van der Waals surface area contributed by atoms with Gasteiger partial charge in [0.1, 0.15) is 28.7 Å². The average Bonchev–Trinajstić information content (AvgIpc) is 3.42. The van der Waals surface area contributed by atoms with Gasteiger partial charge in [-0.2, -0.15) is 0 Å². The standard InChI is InChI=1S/C24H26N6O5/c1-5-34-19-9-7-6-8-16(19)24-27-18(14(2)35-24)13-30-22(25)21(28-29-30)23(31)26-17-11-10-15(32-3)12-20(17)33-4/h6-12H,5,13,25H2,1-4H3,(H,26,31). The second-order valence-electron chi connectivity index (χ2n) is 7.45. The second kappa shape index (κ2) is 10.2. The summed E-state index contributed by atoms with van der Waals surface area (Å²) in [7, 11) is 3.04. The van der Waals surface area contributed by atoms with E-state index in [2.05, 4.69) is 20.6 Å². The number of para-hydroxylation sites is 1. The lowest BCUT2D eigenvalue weighted by molar-refractivity contribution is 0.102. The predicted molar refractivity (Wildman–Crippen MR) is 129 cm³/mol. The van der Waals surface area contributed by atoms with Crippen LogP contribution in [0.4, 0.5) is 11.5 Å². The Morgan fingerprint density at radius 1 is 1.14 bits per heavy atom. The molecule has 0 unspecified atom stereocenters. The van der Waals surface area contributed by atoms with Gasteiger partial charge < -0.3 is 29.7 Å². The number of methoxy groups -OCH3 is 2. The highest BCUT2D eigenvalue weighted by atomic mass is 16.5. The molecule has 0 bridgehead atoms. The molecule has 2 aromatic carbocycles. The number of hydrogen-bond acceptors (Lipinski definition) is 9. The van der Waals surface area contributed by atoms with Crippen LogP contribution in [0.3, 0.4) is 0 Å². The van der Waals surface area contributed by atoms with Crippen molar-refractivity contribution in [2.24, 2.45) is 0 Å². The van der Waals surface area contributed by atoms with E-state index in [1.165, 1.54) is 11.8 Å². The number of benzene rings is 2. The van der Waals surface area contributed by atoms with Crippen LogP contribution in [-0.2, 0) is 6.54 Å². The largest absolute Gasteiger partial charge is 0.497 e. The summed E-state index contributed by atoms with van der Waals surface area (Å²) < 4.78 is 23.4. The van der Waals surface area contributed by atoms with Gasteiger partial charge in [-0.3, -0.25) is 4.79 Å². The fourth-order valence-corrected chi connectivity index (χ4v) is 3.44. The van der Waals surface area contributed by atoms with Crippen LogP contribution in [0.1, 0.15) is 28.9 Å². The van der Waals surface area contributed by atoms with E-state index in [4.69, 9.17) is 24.4 Å². The van der Waals surface area contributed by atoms with Crippen molar-refractivity contribution in [1.29, 1.82) is 0 Å². The maximum atomic E-state index is 12.8. The van der Waals surface area contributed by atoms with Gasteiger partial charge in [0, 0.05) is 6.07 Å². The number of rotatable bonds is 9. The van der Waals surface area contributed by atoms with Crippen molar-refractivity contribution >= 4 is 17.4 Å². The van der Waals surface area contributed by atoms with Gasteiger partial charge in [0.25, 0.3) is 5.91 Å². The van der Waals surface area contributed by atoms with Crippen LogP contribution in [0.25, 0.3) is 11.5 Å². The molecule has 2 aromatic heterocycles. The highest BCUT2D eigenvalue weighted by molar-refractivity contribution is 6.06. The second-order valence-corrected chi connectivity index (χ2v) is 7.45. The van der Waals surface area contributed by atoms with Crippen LogP contribution in [0, 0.1) is 6.92 Å². The zero-order valence-electron chi connectivity index (χ0n) is 19.9. The molecule has 0 aliphatic rings. The smallest absolute Gasteiger partial charge is 0.280 e. The van der Waals surface area contributed by atoms with E-state index >= 15 is 0 Å². The first-order valence-corrected chi connectivity index (χ1v) is 10.9. The average molecular weight is 479 g/mol. The Morgan fingerprint density at radius 3 is 2.69 bits per heavy atom. The summed E-state index contributed by atoms with van der Waals surface area (Å²) in [5.74, 6) is 2.28. The minimum Gasteiger partial charge on any atom is -0.497 e. The van der Waals surface area contributed by atoms with Crippen LogP contribution >= 0.6 is 0 Å². The normalized spacial score (nSPS) is 10.7. The number of nitrogens with one attached hydrogen (secondary N) is 1. The minimum absolute atomic E-state index is 0.0223. The lowest BCUT2D eigenvalue weighted by Crippen LogP contribution is -2.16. The molecule has 3 N–H and O–H groups in total. The molecule has 4 aromatic rings. The highest BCUT2D eigenvalue weighted by Gasteiger charge is 2.22. The van der Waals surface area contributed by atoms with E-state index in [9.17, 15) is 4.79 Å². The van der Waals surface area contributed by atoms with Gasteiger partial charge in [-0.05, 0) is 38.1 Å². The van der Waals surface area contributed by atoms with E-state index in [-0.39, 0.29) is 18.1 Å². The monoisotopic (exact) mass is 478 g/mol. The summed E-state index contributed by atoms with van der Waals surface area (Å²) in [6, 6.07) is 12.5. The maximum absolute atomic E-state index is 12.8. The van der Waals surface area contributed by atoms with Gasteiger partial charge >= 0.3 is 0 Å². The molecule has 35 heavy (non-hydrogen) atoms. The Hall–Kier alpha value is -4.54. The van der Waals surface area contributed by atoms with Gasteiger partial charge in [-0.25, -0.2) is 9.67 Å². The van der Waals surface area contributed by atoms with E-state index in [1.54, 1.807) is 32.2 Å². The zero-order chi connectivity index (χ0) is 24.9. The first-order valence-electron chi connectivity index (χ1n) is 10.9. The predicted octanol–water partition coefficient (Wildman–Crippen LogP) is 3.54. The molecule has 0 spiro atoms. The molecule has 11 heteroatoms. The number of aryl methyl sites for hydroxylation is 1. The number of carbonyl (C=O) groups excluding carboxylic acids is 1. The molecule has 0 saturated carbocycles. The Bertz CT molecular complexity index is 1350. The van der Waals surface area contributed by atoms with Crippen molar-refractivity contribution in [1.82, 2.24) is 20.0 Å². The van der Waals surface area contributed by atoms with Crippen molar-refractivity contribution in [3.63, 3.8) is 0 Å². The van der Waals surface area contributed by atoms with Gasteiger partial charge in [-0.15, -0.1) is 5.10 Å². The van der Waals surface area contributed by atoms with Crippen LogP contribution in [0.5, 0.6) is 17.2 Å². The number of anilines is 2. The van der Waals surface area contributed by atoms with Crippen LogP contribution in [0.15, 0.2) is 46.9 Å². The lowest BCUT2D eigenvalue weighted by atomic mass is 10.2. The number of aromatic nitrogens is 4. The molecule has 0 aliphatic heterocycles. The lowest BCUT2D eigenvalue weighted by Gasteiger charge is -2.11. The molecular weight excluding hydrogens is 452 g/mol. The van der Waals surface area contributed by atoms with Gasteiger partial charge in [0.05, 0.1) is 38.6 Å². The number of nitrogens with zero attached hydrogens (tertiary/aromatic N) is 4. The Balaban J connectivity index is 1.54. The maximum Gasteiger partial charge on any atom is 0.280 e. The summed E-state index contributed by atoms with van der Waals surface area (Å²) >= 11 is 0. The van der Waals surface area contributed by atoms with Gasteiger partial charge in [0.2, 0.25) is 5.89 Å². The minimum atomic E-state index is -0.527. The number of ether oxygens (including phenoxy) is 3. The number of carbonyl (C=O) groups is 1. The van der Waals surface area contributed by atoms with Crippen molar-refractivity contribution in [2.75, 3.05) is 31.9 Å². The Kier molecular flexibility index (Phi) is 6.86. The molecule has 0 aliphatic carbocycles. The fourth-order valence-electron chi connectivity index (χ4n) is 3.44. The van der Waals surface area contributed by atoms with Crippen LogP contribution in [-0.4, -0.2) is 46.7 Å². The molecule has 2 heterocycles. The van der Waals surface area contributed by atoms with Crippen molar-refractivity contribution in [2.45, 2.75) is 20.4 Å². The molecule has 0 fully saturated rings. The van der Waals surface area contributed by atoms with E-state index in [1.807, 2.05) is 31.2 Å². The van der Waals surface area contributed by atoms with Gasteiger partial charge in [-0.1, -0.05) is 17.3 Å². The number of hydrogen-bond donors (Lipinski definition) is 2. The molecule has 0 atom stereocenters. The Morgan fingerprint density at radius 2 is 1.94 bits per heavy atom. The van der Waals surface area contributed by atoms with Gasteiger partial charge in [0.15, 0.2) is 11.5 Å². The molecule has 0 saturated heterocycles. The summed E-state index contributed by atoms with van der Waals surface area (Å²) in [4.78, 5) is 17.4. The number of nitrogens with two attached hydrogens (primary N) is 1. The van der Waals surface area contributed by atoms with Crippen LogP contribution < -0.4 is 25.3 Å². The topological polar surface area (TPSA) is 140 Å². The summed E-state index contributed by atoms with van der Waals surface area (Å²) in [6.45, 7) is 4.40. The molecular formula is C24H26N6O5. The summed E-state index contributed by atoms with van der Waals surface area (Å²) in [5.41, 5.74) is 7.96. The molecule has 1 amide bonds. The molecule has 0 radical (unpaired) electrons. The fraction of sp³-hybridized carbons (Fsp3) is 0.250. The Labute approximate surface area is 201 Å². The summed E-state index contributed by atoms with van der Waals surface area (Å²) in [5, 5.41) is 10.7. The molecule has 182 valence electrons. The third kappa shape index (κ3) is 4.88. The number of amides is 1. The number of nitrogen functional groups attached to an aromatic ring is 1. The highest BCUT2D eigenvalue weighted by Crippen LogP contribution is 2.31. The van der Waals surface area contributed by atoms with Crippen molar-refractivity contribution in [3.05, 3.63) is 59.6 Å². The van der Waals surface area contributed by atoms with Crippen molar-refractivity contribution < 1.29 is 23.4 Å². The summed E-state index contributed by atoms with van der Waals surface area (Å²) in [6.07, 6.45) is 0. The quantitative estimate of drug-likeness (QED) is 0.370. The first kappa shape index (κ1) is 23.6. The molecule has 11 nitrogen and oxygen atoms in total. The van der Waals surface area contributed by atoms with Crippen LogP contribution in [0.2, 0.25) is 0 Å². The zero-order valence-corrected chi connectivity index (χ0v) is 19.9. The third-order valence-corrected chi connectivity index (χ3v) is 5.25. The van der Waals surface area contributed by atoms with E-state index in [0.29, 0.717) is 46.9 Å². The SMILES string of the molecule is CCOc1ccccc1-c1nc(Cn2nnc(C(=O)Nc3ccc(OC)cc3OC)c2N)c(C)o1. The van der Waals surface area contributed by atoms with E-state index < -0.39 is 5.91 Å². The first-order chi connectivity index (χ1) is 16.9. The van der Waals surface area contributed by atoms with E-state index in [0.717, 1.165) is 5.56 Å². The molecule has 4 rings (SSSR count). The van der Waals surface area contributed by atoms with Crippen molar-refractivity contribution in [3.8, 4) is 28.7 Å². The number of oxazole rings is 1.